The van der Waals surface area contributed by atoms with Gasteiger partial charge in [0.1, 0.15) is 6.10 Å². The summed E-state index contributed by atoms with van der Waals surface area (Å²) in [6.45, 7) is 4.34. The molecular weight excluding hydrogens is 172 g/mol. The van der Waals surface area contributed by atoms with Crippen molar-refractivity contribution in [3.8, 4) is 0 Å². The van der Waals surface area contributed by atoms with Gasteiger partial charge in [0.15, 0.2) is 0 Å². The number of aryl methyl sites for hydroxylation is 1. The number of epoxide rings is 1. The van der Waals surface area contributed by atoms with Gasteiger partial charge >= 0.3 is 0 Å². The minimum Gasteiger partial charge on any atom is -0.365 e. The highest BCUT2D eigenvalue weighted by Gasteiger charge is 2.38. The lowest BCUT2D eigenvalue weighted by Crippen LogP contribution is -1.88. The molecule has 1 aliphatic rings. The molecule has 1 nitrogen and oxygen atoms in total. The van der Waals surface area contributed by atoms with Crippen molar-refractivity contribution in [2.45, 2.75) is 45.3 Å². The lowest BCUT2D eigenvalue weighted by atomic mass is 10.1. The first-order valence-corrected chi connectivity index (χ1v) is 5.53. The van der Waals surface area contributed by atoms with E-state index < -0.39 is 0 Å². The Hall–Kier alpha value is -0.820. The molecule has 1 heterocycles. The molecule has 0 spiro atoms. The van der Waals surface area contributed by atoms with E-state index in [1.807, 2.05) is 0 Å². The van der Waals surface area contributed by atoms with E-state index in [0.29, 0.717) is 12.2 Å². The van der Waals surface area contributed by atoms with Crippen molar-refractivity contribution in [3.05, 3.63) is 35.4 Å². The monoisotopic (exact) mass is 190 g/mol. The Morgan fingerprint density at radius 1 is 1.21 bits per heavy atom. The van der Waals surface area contributed by atoms with E-state index in [1.54, 1.807) is 0 Å². The second-order valence-corrected chi connectivity index (χ2v) is 4.15. The highest BCUT2D eigenvalue weighted by molar-refractivity contribution is 5.26. The summed E-state index contributed by atoms with van der Waals surface area (Å²) in [4.78, 5) is 0. The van der Waals surface area contributed by atoms with Crippen LogP contribution in [-0.2, 0) is 4.74 Å². The molecule has 0 saturated carbocycles. The van der Waals surface area contributed by atoms with Crippen LogP contribution in [0, 0.1) is 6.92 Å². The molecule has 0 aliphatic carbocycles. The highest BCUT2D eigenvalue weighted by Crippen LogP contribution is 2.41. The van der Waals surface area contributed by atoms with Crippen molar-refractivity contribution in [2.24, 2.45) is 0 Å². The molecule has 14 heavy (non-hydrogen) atoms. The zero-order valence-corrected chi connectivity index (χ0v) is 8.99. The first kappa shape index (κ1) is 9.72. The summed E-state index contributed by atoms with van der Waals surface area (Å²) >= 11 is 0. The van der Waals surface area contributed by atoms with Crippen molar-refractivity contribution in [2.75, 3.05) is 0 Å². The normalized spacial score (nSPS) is 25.0. The van der Waals surface area contributed by atoms with Gasteiger partial charge in [0.2, 0.25) is 0 Å². The third kappa shape index (κ3) is 2.16. The Morgan fingerprint density at radius 2 is 1.93 bits per heavy atom. The molecule has 0 radical (unpaired) electrons. The van der Waals surface area contributed by atoms with E-state index in [1.165, 1.54) is 30.4 Å². The molecule has 1 saturated heterocycles. The van der Waals surface area contributed by atoms with Crippen LogP contribution in [0.5, 0.6) is 0 Å². The summed E-state index contributed by atoms with van der Waals surface area (Å²) in [5.41, 5.74) is 2.66. The van der Waals surface area contributed by atoms with Crippen molar-refractivity contribution in [1.29, 1.82) is 0 Å². The lowest BCUT2D eigenvalue weighted by Gasteiger charge is -1.96. The minimum atomic E-state index is 0.391. The van der Waals surface area contributed by atoms with Crippen LogP contribution in [0.1, 0.15) is 43.4 Å². The molecule has 1 fully saturated rings. The smallest absolute Gasteiger partial charge is 0.109 e. The quantitative estimate of drug-likeness (QED) is 0.660. The SMILES string of the molecule is CCCC[C@H]1O[C@H]1c1ccc(C)cc1. The van der Waals surface area contributed by atoms with Gasteiger partial charge in [-0.25, -0.2) is 0 Å². The van der Waals surface area contributed by atoms with Crippen molar-refractivity contribution < 1.29 is 4.74 Å². The first-order chi connectivity index (χ1) is 6.81. The average molecular weight is 190 g/mol. The van der Waals surface area contributed by atoms with Gasteiger partial charge in [-0.1, -0.05) is 49.6 Å². The topological polar surface area (TPSA) is 12.5 Å². The fourth-order valence-electron chi connectivity index (χ4n) is 1.82. The molecule has 0 unspecified atom stereocenters. The van der Waals surface area contributed by atoms with Crippen LogP contribution in [0.15, 0.2) is 24.3 Å². The fraction of sp³-hybridized carbons (Fsp3) is 0.538. The number of hydrogen-bond acceptors (Lipinski definition) is 1. The maximum Gasteiger partial charge on any atom is 0.109 e. The number of ether oxygens (including phenoxy) is 1. The molecule has 1 aliphatic heterocycles. The predicted molar refractivity (Wildman–Crippen MR) is 58.3 cm³/mol. The van der Waals surface area contributed by atoms with Gasteiger partial charge in [-0.2, -0.15) is 0 Å². The van der Waals surface area contributed by atoms with Crippen molar-refractivity contribution in [1.82, 2.24) is 0 Å². The van der Waals surface area contributed by atoms with Crippen LogP contribution in [0.3, 0.4) is 0 Å². The zero-order valence-electron chi connectivity index (χ0n) is 8.99. The summed E-state index contributed by atoms with van der Waals surface area (Å²) in [6.07, 6.45) is 4.66. The number of rotatable bonds is 4. The number of benzene rings is 1. The summed E-state index contributed by atoms with van der Waals surface area (Å²) < 4.78 is 5.64. The number of unbranched alkanes of at least 4 members (excludes halogenated alkanes) is 1. The summed E-state index contributed by atoms with van der Waals surface area (Å²) in [6, 6.07) is 8.69. The molecule has 0 aromatic heterocycles. The van der Waals surface area contributed by atoms with Gasteiger partial charge in [0.25, 0.3) is 0 Å². The third-order valence-electron chi connectivity index (χ3n) is 2.83. The molecule has 76 valence electrons. The summed E-state index contributed by atoms with van der Waals surface area (Å²) in [7, 11) is 0. The van der Waals surface area contributed by atoms with Crippen molar-refractivity contribution >= 4 is 0 Å². The Morgan fingerprint density at radius 3 is 2.57 bits per heavy atom. The molecule has 1 aromatic rings. The van der Waals surface area contributed by atoms with E-state index in [4.69, 9.17) is 4.74 Å². The fourth-order valence-corrected chi connectivity index (χ4v) is 1.82. The van der Waals surface area contributed by atoms with Crippen LogP contribution in [0.4, 0.5) is 0 Å². The predicted octanol–water partition coefficient (Wildman–Crippen LogP) is 3.63. The van der Waals surface area contributed by atoms with Crippen LogP contribution in [0.25, 0.3) is 0 Å². The Labute approximate surface area is 86.1 Å². The van der Waals surface area contributed by atoms with E-state index >= 15 is 0 Å². The van der Waals surface area contributed by atoms with Crippen LogP contribution >= 0.6 is 0 Å². The molecule has 0 amide bonds. The molecule has 1 heteroatoms. The minimum absolute atomic E-state index is 0.391. The summed E-state index contributed by atoms with van der Waals surface area (Å²) in [5.74, 6) is 0. The van der Waals surface area contributed by atoms with Gasteiger partial charge in [0.05, 0.1) is 6.10 Å². The van der Waals surface area contributed by atoms with Gasteiger partial charge < -0.3 is 4.74 Å². The maximum atomic E-state index is 5.64. The first-order valence-electron chi connectivity index (χ1n) is 5.53. The second-order valence-electron chi connectivity index (χ2n) is 4.15. The lowest BCUT2D eigenvalue weighted by molar-refractivity contribution is 0.362. The maximum absolute atomic E-state index is 5.64. The Balaban J connectivity index is 1.89. The van der Waals surface area contributed by atoms with Gasteiger partial charge in [-0.05, 0) is 18.9 Å². The second kappa shape index (κ2) is 4.14. The van der Waals surface area contributed by atoms with E-state index in [0.717, 1.165) is 0 Å². The molecular formula is C13H18O. The average Bonchev–Trinajstić information content (AvgIpc) is 2.95. The van der Waals surface area contributed by atoms with Crippen LogP contribution in [-0.4, -0.2) is 6.10 Å². The van der Waals surface area contributed by atoms with E-state index in [9.17, 15) is 0 Å². The number of hydrogen-bond donors (Lipinski definition) is 0. The van der Waals surface area contributed by atoms with Gasteiger partial charge in [0, 0.05) is 0 Å². The van der Waals surface area contributed by atoms with Gasteiger partial charge in [-0.15, -0.1) is 0 Å². The highest BCUT2D eigenvalue weighted by atomic mass is 16.6. The zero-order chi connectivity index (χ0) is 9.97. The molecule has 2 rings (SSSR count). The molecule has 2 atom stereocenters. The Kier molecular flexibility index (Phi) is 2.87. The standard InChI is InChI=1S/C13H18O/c1-3-4-5-12-13(14-12)11-8-6-10(2)7-9-11/h6-9,12-13H,3-5H2,1-2H3/t12-,13+/m1/s1. The van der Waals surface area contributed by atoms with E-state index in [2.05, 4.69) is 38.1 Å². The van der Waals surface area contributed by atoms with E-state index in [-0.39, 0.29) is 0 Å². The van der Waals surface area contributed by atoms with Gasteiger partial charge in [-0.3, -0.25) is 0 Å². The van der Waals surface area contributed by atoms with Crippen LogP contribution < -0.4 is 0 Å². The largest absolute Gasteiger partial charge is 0.365 e. The molecule has 0 bridgehead atoms. The molecule has 1 aromatic carbocycles. The summed E-state index contributed by atoms with van der Waals surface area (Å²) in [5, 5.41) is 0. The third-order valence-corrected chi connectivity index (χ3v) is 2.83. The Bertz CT molecular complexity index is 289. The van der Waals surface area contributed by atoms with Crippen LogP contribution in [0.2, 0.25) is 0 Å². The molecule has 0 N–H and O–H groups in total. The van der Waals surface area contributed by atoms with Crippen molar-refractivity contribution in [3.63, 3.8) is 0 Å².